The third-order valence-corrected chi connectivity index (χ3v) is 2.94. The molecule has 0 aliphatic heterocycles. The van der Waals surface area contributed by atoms with Crippen LogP contribution in [0, 0.1) is 11.8 Å². The van der Waals surface area contributed by atoms with Gasteiger partial charge >= 0.3 is 5.97 Å². The van der Waals surface area contributed by atoms with Gasteiger partial charge in [0.25, 0.3) is 0 Å². The van der Waals surface area contributed by atoms with Crippen LogP contribution in [0.4, 0.5) is 0 Å². The highest BCUT2D eigenvalue weighted by molar-refractivity contribution is 5.75. The summed E-state index contributed by atoms with van der Waals surface area (Å²) < 4.78 is 4.98. The number of hydrogen-bond donors (Lipinski definition) is 0. The molecule has 1 saturated carbocycles. The maximum atomic E-state index is 11.3. The molecule has 0 aromatic rings. The lowest BCUT2D eigenvalue weighted by Gasteiger charge is -2.00. The van der Waals surface area contributed by atoms with Crippen LogP contribution in [0.1, 0.15) is 52.4 Å². The number of rotatable bonds is 7. The number of unbranched alkanes of at least 4 members (excludes halogenated alkanes) is 3. The van der Waals surface area contributed by atoms with E-state index >= 15 is 0 Å². The minimum atomic E-state index is 0.0352. The van der Waals surface area contributed by atoms with Gasteiger partial charge < -0.3 is 4.74 Å². The Bertz CT molecular complexity index is 177. The molecule has 0 unspecified atom stereocenters. The van der Waals surface area contributed by atoms with Crippen LogP contribution in [0.25, 0.3) is 0 Å². The number of ether oxygens (including phenoxy) is 1. The summed E-state index contributed by atoms with van der Waals surface area (Å²) in [6, 6.07) is 0. The van der Waals surface area contributed by atoms with Gasteiger partial charge in [0.2, 0.25) is 0 Å². The quantitative estimate of drug-likeness (QED) is 0.464. The molecule has 1 aliphatic rings. The smallest absolute Gasteiger partial charge is 0.309 e. The first kappa shape index (κ1) is 11.5. The molecule has 2 nitrogen and oxygen atoms in total. The minimum absolute atomic E-state index is 0.0352. The van der Waals surface area contributed by atoms with E-state index in [0.29, 0.717) is 12.5 Å². The van der Waals surface area contributed by atoms with Crippen molar-refractivity contribution in [1.29, 1.82) is 0 Å². The van der Waals surface area contributed by atoms with E-state index in [9.17, 15) is 4.79 Å². The van der Waals surface area contributed by atoms with Gasteiger partial charge in [0.05, 0.1) is 12.5 Å². The summed E-state index contributed by atoms with van der Waals surface area (Å²) >= 11 is 0. The Balaban J connectivity index is 1.99. The second kappa shape index (κ2) is 6.05. The van der Waals surface area contributed by atoms with Crippen molar-refractivity contribution < 1.29 is 9.53 Å². The molecule has 0 spiro atoms. The molecule has 1 rings (SSSR count). The molecule has 2 atom stereocenters. The van der Waals surface area contributed by atoms with Crippen molar-refractivity contribution >= 4 is 5.97 Å². The monoisotopic (exact) mass is 198 g/mol. The Morgan fingerprint density at radius 1 is 1.29 bits per heavy atom. The zero-order valence-electron chi connectivity index (χ0n) is 9.42. The average Bonchev–Trinajstić information content (AvgIpc) is 2.92. The Labute approximate surface area is 87.0 Å². The second-order valence-electron chi connectivity index (χ2n) is 4.20. The number of carbonyl (C=O) groups excluding carboxylic acids is 1. The van der Waals surface area contributed by atoms with E-state index in [2.05, 4.69) is 6.92 Å². The highest BCUT2D eigenvalue weighted by Crippen LogP contribution is 2.43. The van der Waals surface area contributed by atoms with Crippen molar-refractivity contribution in [2.45, 2.75) is 52.4 Å². The molecular formula is C12H22O2. The van der Waals surface area contributed by atoms with E-state index in [0.717, 1.165) is 6.42 Å². The van der Waals surface area contributed by atoms with E-state index in [-0.39, 0.29) is 11.9 Å². The molecule has 0 radical (unpaired) electrons. The van der Waals surface area contributed by atoms with Gasteiger partial charge in [-0.3, -0.25) is 4.79 Å². The average molecular weight is 198 g/mol. The summed E-state index contributed by atoms with van der Waals surface area (Å²) in [4.78, 5) is 11.3. The summed E-state index contributed by atoms with van der Waals surface area (Å²) in [6.07, 6.45) is 7.52. The van der Waals surface area contributed by atoms with Crippen LogP contribution < -0.4 is 0 Å². The largest absolute Gasteiger partial charge is 0.466 e. The van der Waals surface area contributed by atoms with Crippen LogP contribution in [0.3, 0.4) is 0 Å². The highest BCUT2D eigenvalue weighted by atomic mass is 16.5. The maximum Gasteiger partial charge on any atom is 0.309 e. The zero-order chi connectivity index (χ0) is 10.4. The fraction of sp³-hybridized carbons (Fsp3) is 0.917. The van der Waals surface area contributed by atoms with Crippen molar-refractivity contribution in [2.24, 2.45) is 11.8 Å². The fourth-order valence-electron chi connectivity index (χ4n) is 1.94. The maximum absolute atomic E-state index is 11.3. The van der Waals surface area contributed by atoms with Crippen molar-refractivity contribution in [3.63, 3.8) is 0 Å². The summed E-state index contributed by atoms with van der Waals surface area (Å²) in [5.74, 6) is 0.926. The van der Waals surface area contributed by atoms with Crippen LogP contribution >= 0.6 is 0 Å². The van der Waals surface area contributed by atoms with Crippen molar-refractivity contribution in [3.05, 3.63) is 0 Å². The molecule has 1 aliphatic carbocycles. The molecule has 14 heavy (non-hydrogen) atoms. The fourth-order valence-corrected chi connectivity index (χ4v) is 1.94. The van der Waals surface area contributed by atoms with Gasteiger partial charge in [-0.15, -0.1) is 0 Å². The van der Waals surface area contributed by atoms with Gasteiger partial charge in [-0.25, -0.2) is 0 Å². The molecule has 1 fully saturated rings. The number of carbonyl (C=O) groups is 1. The Morgan fingerprint density at radius 3 is 2.71 bits per heavy atom. The number of hydrogen-bond acceptors (Lipinski definition) is 2. The number of esters is 1. The van der Waals surface area contributed by atoms with Crippen LogP contribution in [0.15, 0.2) is 0 Å². The third kappa shape index (κ3) is 3.69. The summed E-state index contributed by atoms with van der Waals surface area (Å²) in [7, 11) is 0. The topological polar surface area (TPSA) is 26.3 Å². The SMILES string of the molecule is CCCCCC[C@H]1C[C@H]1C(=O)OCC. The first-order valence-electron chi connectivity index (χ1n) is 5.96. The molecule has 0 N–H and O–H groups in total. The first-order chi connectivity index (χ1) is 6.79. The molecule has 0 aromatic heterocycles. The second-order valence-corrected chi connectivity index (χ2v) is 4.20. The Morgan fingerprint density at radius 2 is 2.07 bits per heavy atom. The molecule has 82 valence electrons. The summed E-state index contributed by atoms with van der Waals surface area (Å²) in [5, 5.41) is 0. The summed E-state index contributed by atoms with van der Waals surface area (Å²) in [6.45, 7) is 4.62. The lowest BCUT2D eigenvalue weighted by atomic mass is 10.1. The van der Waals surface area contributed by atoms with Gasteiger partial charge in [-0.05, 0) is 25.7 Å². The molecule has 0 bridgehead atoms. The lowest BCUT2D eigenvalue weighted by Crippen LogP contribution is -2.07. The molecule has 0 heterocycles. The van der Waals surface area contributed by atoms with Crippen LogP contribution in [0.2, 0.25) is 0 Å². The lowest BCUT2D eigenvalue weighted by molar-refractivity contribution is -0.145. The highest BCUT2D eigenvalue weighted by Gasteiger charge is 2.43. The molecule has 0 aromatic carbocycles. The Kier molecular flexibility index (Phi) is 4.99. The summed E-state index contributed by atoms with van der Waals surface area (Å²) in [5.41, 5.74) is 0. The van der Waals surface area contributed by atoms with E-state index in [1.165, 1.54) is 32.1 Å². The normalized spacial score (nSPS) is 24.7. The predicted octanol–water partition coefficient (Wildman–Crippen LogP) is 3.16. The van der Waals surface area contributed by atoms with E-state index in [1.54, 1.807) is 0 Å². The van der Waals surface area contributed by atoms with Crippen molar-refractivity contribution in [3.8, 4) is 0 Å². The molecular weight excluding hydrogens is 176 g/mol. The molecule has 0 saturated heterocycles. The van der Waals surface area contributed by atoms with E-state index in [1.807, 2.05) is 6.92 Å². The van der Waals surface area contributed by atoms with Crippen molar-refractivity contribution in [1.82, 2.24) is 0 Å². The molecule has 2 heteroatoms. The van der Waals surface area contributed by atoms with Crippen LogP contribution in [-0.2, 0) is 9.53 Å². The minimum Gasteiger partial charge on any atom is -0.466 e. The van der Waals surface area contributed by atoms with E-state index < -0.39 is 0 Å². The van der Waals surface area contributed by atoms with Gasteiger partial charge in [-0.1, -0.05) is 32.6 Å². The molecule has 0 amide bonds. The van der Waals surface area contributed by atoms with Gasteiger partial charge in [0, 0.05) is 0 Å². The van der Waals surface area contributed by atoms with Crippen molar-refractivity contribution in [2.75, 3.05) is 6.61 Å². The van der Waals surface area contributed by atoms with E-state index in [4.69, 9.17) is 4.74 Å². The van der Waals surface area contributed by atoms with Crippen LogP contribution in [-0.4, -0.2) is 12.6 Å². The van der Waals surface area contributed by atoms with Gasteiger partial charge in [0.15, 0.2) is 0 Å². The van der Waals surface area contributed by atoms with Crippen LogP contribution in [0.5, 0.6) is 0 Å². The van der Waals surface area contributed by atoms with Gasteiger partial charge in [0.1, 0.15) is 0 Å². The Hall–Kier alpha value is -0.530. The first-order valence-corrected chi connectivity index (χ1v) is 5.96. The standard InChI is InChI=1S/C12H22O2/c1-3-5-6-7-8-10-9-11(10)12(13)14-4-2/h10-11H,3-9H2,1-2H3/t10-,11+/m0/s1. The predicted molar refractivity (Wildman–Crippen MR) is 57.0 cm³/mol. The third-order valence-electron chi connectivity index (χ3n) is 2.94. The zero-order valence-corrected chi connectivity index (χ0v) is 9.42. The van der Waals surface area contributed by atoms with Gasteiger partial charge in [-0.2, -0.15) is 0 Å².